The number of aryl methyl sites for hydroxylation is 2. The number of nitrogens with one attached hydrogen (secondary N) is 1. The van der Waals surface area contributed by atoms with E-state index in [0.717, 1.165) is 13.2 Å². The molecule has 1 atom stereocenters. The van der Waals surface area contributed by atoms with Crippen LogP contribution in [0.5, 0.6) is 0 Å². The second-order valence-corrected chi connectivity index (χ2v) is 3.87. The lowest BCUT2D eigenvalue weighted by Crippen LogP contribution is -2.24. The summed E-state index contributed by atoms with van der Waals surface area (Å²) in [5.74, 6) is 0.529. The van der Waals surface area contributed by atoms with Crippen molar-refractivity contribution in [1.82, 2.24) is 4.68 Å². The van der Waals surface area contributed by atoms with Crippen LogP contribution in [0.3, 0.4) is 0 Å². The number of ether oxygens (including phenoxy) is 1. The van der Waals surface area contributed by atoms with E-state index in [1.165, 1.54) is 11.4 Å². The molecular formula is C11H20N2O. The third kappa shape index (κ3) is 2.77. The van der Waals surface area contributed by atoms with Crippen LogP contribution in [0.2, 0.25) is 0 Å². The molecule has 1 aromatic rings. The van der Waals surface area contributed by atoms with Crippen molar-refractivity contribution in [2.24, 2.45) is 5.92 Å². The van der Waals surface area contributed by atoms with Crippen LogP contribution in [0.1, 0.15) is 18.3 Å². The molecule has 0 fully saturated rings. The number of hydrogen-bond acceptors (Lipinski definition) is 2. The molecule has 0 aliphatic carbocycles. The molecule has 0 saturated carbocycles. The van der Waals surface area contributed by atoms with Gasteiger partial charge in [0.05, 0.1) is 6.61 Å². The van der Waals surface area contributed by atoms with Gasteiger partial charge in [0.2, 0.25) is 0 Å². The number of nitrogens with zero attached hydrogens (tertiary/aromatic N) is 1. The van der Waals surface area contributed by atoms with Gasteiger partial charge < -0.3 is 10.2 Å². The monoisotopic (exact) mass is 196 g/mol. The van der Waals surface area contributed by atoms with Gasteiger partial charge in [0.25, 0.3) is 0 Å². The van der Waals surface area contributed by atoms with Crippen LogP contribution < -0.4 is 5.43 Å². The average Bonchev–Trinajstić information content (AvgIpc) is 2.44. The number of methoxy groups -OCH3 is 1. The summed E-state index contributed by atoms with van der Waals surface area (Å²) in [7, 11) is 1.74. The standard InChI is InChI=1S/C11H20N2O/c1-9(8-14-4)7-12-13-10(2)5-6-11(13)3/h5-6,9,12H,7-8H2,1-4H3. The van der Waals surface area contributed by atoms with E-state index in [0.29, 0.717) is 5.92 Å². The maximum Gasteiger partial charge on any atom is 0.0505 e. The van der Waals surface area contributed by atoms with Crippen LogP contribution in [0.25, 0.3) is 0 Å². The first kappa shape index (κ1) is 11.1. The lowest BCUT2D eigenvalue weighted by Gasteiger charge is -2.16. The zero-order valence-electron chi connectivity index (χ0n) is 9.50. The third-order valence-corrected chi connectivity index (χ3v) is 2.32. The van der Waals surface area contributed by atoms with Crippen molar-refractivity contribution in [3.8, 4) is 0 Å². The van der Waals surface area contributed by atoms with Gasteiger partial charge in [0.1, 0.15) is 0 Å². The van der Waals surface area contributed by atoms with Crippen molar-refractivity contribution in [1.29, 1.82) is 0 Å². The lowest BCUT2D eigenvalue weighted by molar-refractivity contribution is 0.163. The van der Waals surface area contributed by atoms with E-state index in [4.69, 9.17) is 4.74 Å². The fraction of sp³-hybridized carbons (Fsp3) is 0.636. The Morgan fingerprint density at radius 3 is 2.43 bits per heavy atom. The molecule has 0 aromatic carbocycles. The van der Waals surface area contributed by atoms with Gasteiger partial charge in [-0.1, -0.05) is 6.92 Å². The molecule has 0 aliphatic rings. The smallest absolute Gasteiger partial charge is 0.0505 e. The topological polar surface area (TPSA) is 26.2 Å². The van der Waals surface area contributed by atoms with E-state index in [-0.39, 0.29) is 0 Å². The van der Waals surface area contributed by atoms with Gasteiger partial charge in [-0.05, 0) is 31.9 Å². The van der Waals surface area contributed by atoms with Gasteiger partial charge >= 0.3 is 0 Å². The van der Waals surface area contributed by atoms with Crippen LogP contribution in [0.4, 0.5) is 0 Å². The molecule has 0 aliphatic heterocycles. The van der Waals surface area contributed by atoms with Gasteiger partial charge in [0.15, 0.2) is 0 Å². The van der Waals surface area contributed by atoms with E-state index in [2.05, 4.69) is 43.0 Å². The summed E-state index contributed by atoms with van der Waals surface area (Å²) in [6.07, 6.45) is 0. The molecule has 1 heterocycles. The van der Waals surface area contributed by atoms with Gasteiger partial charge in [0, 0.05) is 25.0 Å². The molecule has 1 unspecified atom stereocenters. The molecule has 0 saturated heterocycles. The van der Waals surface area contributed by atoms with E-state index in [9.17, 15) is 0 Å². The molecule has 0 radical (unpaired) electrons. The molecule has 1 N–H and O–H groups in total. The van der Waals surface area contributed by atoms with Crippen molar-refractivity contribution < 1.29 is 4.74 Å². The molecule has 0 amide bonds. The summed E-state index contributed by atoms with van der Waals surface area (Å²) in [6.45, 7) is 8.10. The van der Waals surface area contributed by atoms with Crippen molar-refractivity contribution in [2.45, 2.75) is 20.8 Å². The van der Waals surface area contributed by atoms with Crippen molar-refractivity contribution in [3.63, 3.8) is 0 Å². The van der Waals surface area contributed by atoms with Crippen LogP contribution in [-0.4, -0.2) is 24.9 Å². The molecule has 0 bridgehead atoms. The fourth-order valence-corrected chi connectivity index (χ4v) is 1.51. The molecular weight excluding hydrogens is 176 g/mol. The first-order valence-electron chi connectivity index (χ1n) is 5.03. The zero-order valence-corrected chi connectivity index (χ0v) is 9.50. The Labute approximate surface area is 86.0 Å². The van der Waals surface area contributed by atoms with Gasteiger partial charge in [-0.2, -0.15) is 0 Å². The number of rotatable bonds is 5. The largest absolute Gasteiger partial charge is 0.384 e. The highest BCUT2D eigenvalue weighted by molar-refractivity contribution is 5.15. The minimum Gasteiger partial charge on any atom is -0.384 e. The first-order chi connectivity index (χ1) is 6.65. The summed E-state index contributed by atoms with van der Waals surface area (Å²) in [4.78, 5) is 0. The predicted molar refractivity (Wildman–Crippen MR) is 59.2 cm³/mol. The highest BCUT2D eigenvalue weighted by Crippen LogP contribution is 2.04. The second-order valence-electron chi connectivity index (χ2n) is 3.87. The summed E-state index contributed by atoms with van der Waals surface area (Å²) in [5.41, 5.74) is 5.87. The molecule has 1 rings (SSSR count). The molecule has 3 heteroatoms. The number of hydrogen-bond donors (Lipinski definition) is 1. The highest BCUT2D eigenvalue weighted by atomic mass is 16.5. The first-order valence-corrected chi connectivity index (χ1v) is 5.03. The normalized spacial score (nSPS) is 12.9. The van der Waals surface area contributed by atoms with Crippen LogP contribution in [-0.2, 0) is 4.74 Å². The van der Waals surface area contributed by atoms with Crippen LogP contribution >= 0.6 is 0 Å². The second kappa shape index (κ2) is 5.05. The van der Waals surface area contributed by atoms with E-state index in [1.54, 1.807) is 7.11 Å². The Morgan fingerprint density at radius 1 is 1.36 bits per heavy atom. The fourth-order valence-electron chi connectivity index (χ4n) is 1.51. The Morgan fingerprint density at radius 2 is 1.93 bits per heavy atom. The minimum atomic E-state index is 0.529. The minimum absolute atomic E-state index is 0.529. The summed E-state index contributed by atoms with van der Waals surface area (Å²) >= 11 is 0. The maximum absolute atomic E-state index is 5.08. The average molecular weight is 196 g/mol. The Hall–Kier alpha value is -0.960. The number of aromatic nitrogens is 1. The molecule has 0 spiro atoms. The summed E-state index contributed by atoms with van der Waals surface area (Å²) < 4.78 is 7.20. The van der Waals surface area contributed by atoms with Crippen LogP contribution in [0.15, 0.2) is 12.1 Å². The summed E-state index contributed by atoms with van der Waals surface area (Å²) in [6, 6.07) is 4.23. The zero-order chi connectivity index (χ0) is 10.6. The van der Waals surface area contributed by atoms with Gasteiger partial charge in [-0.15, -0.1) is 0 Å². The lowest BCUT2D eigenvalue weighted by atomic mass is 10.2. The Balaban J connectivity index is 2.45. The molecule has 3 nitrogen and oxygen atoms in total. The van der Waals surface area contributed by atoms with Gasteiger partial charge in [-0.3, -0.25) is 4.68 Å². The van der Waals surface area contributed by atoms with Gasteiger partial charge in [-0.25, -0.2) is 0 Å². The Bertz CT molecular complexity index is 261. The van der Waals surface area contributed by atoms with E-state index < -0.39 is 0 Å². The van der Waals surface area contributed by atoms with E-state index in [1.807, 2.05) is 0 Å². The van der Waals surface area contributed by atoms with Crippen molar-refractivity contribution in [3.05, 3.63) is 23.5 Å². The molecule has 80 valence electrons. The SMILES string of the molecule is COCC(C)CNn1c(C)ccc1C. The highest BCUT2D eigenvalue weighted by Gasteiger charge is 2.03. The van der Waals surface area contributed by atoms with Crippen molar-refractivity contribution in [2.75, 3.05) is 25.7 Å². The summed E-state index contributed by atoms with van der Waals surface area (Å²) in [5, 5.41) is 0. The predicted octanol–water partition coefficient (Wildman–Crippen LogP) is 1.93. The van der Waals surface area contributed by atoms with Crippen LogP contribution in [0, 0.1) is 19.8 Å². The quantitative estimate of drug-likeness (QED) is 0.778. The molecule has 1 aromatic heterocycles. The Kier molecular flexibility index (Phi) is 4.01. The molecule has 14 heavy (non-hydrogen) atoms. The van der Waals surface area contributed by atoms with E-state index >= 15 is 0 Å². The van der Waals surface area contributed by atoms with Crippen molar-refractivity contribution >= 4 is 0 Å². The maximum atomic E-state index is 5.08. The third-order valence-electron chi connectivity index (χ3n) is 2.32.